The first-order valence-corrected chi connectivity index (χ1v) is 7.57. The first-order chi connectivity index (χ1) is 9.83. The lowest BCUT2D eigenvalue weighted by atomic mass is 10.2. The third-order valence-corrected chi connectivity index (χ3v) is 3.98. The molecule has 0 radical (unpaired) electrons. The van der Waals surface area contributed by atoms with Gasteiger partial charge in [0.2, 0.25) is 0 Å². The van der Waals surface area contributed by atoms with E-state index in [0.717, 1.165) is 23.2 Å². The van der Waals surface area contributed by atoms with Crippen LogP contribution in [0.5, 0.6) is 5.75 Å². The summed E-state index contributed by atoms with van der Waals surface area (Å²) in [5.74, 6) is 0.927. The first kappa shape index (κ1) is 13.4. The highest BCUT2D eigenvalue weighted by atomic mass is 16.5. The van der Waals surface area contributed by atoms with Gasteiger partial charge in [0.05, 0.1) is 5.52 Å². The van der Waals surface area contributed by atoms with Gasteiger partial charge in [-0.2, -0.15) is 0 Å². The van der Waals surface area contributed by atoms with Gasteiger partial charge >= 0.3 is 0 Å². The third-order valence-electron chi connectivity index (χ3n) is 3.98. The van der Waals surface area contributed by atoms with Crippen molar-refractivity contribution in [3.63, 3.8) is 0 Å². The lowest BCUT2D eigenvalue weighted by molar-refractivity contribution is 0.214. The molecule has 3 heteroatoms. The summed E-state index contributed by atoms with van der Waals surface area (Å²) in [6.45, 7) is 3.03. The second kappa shape index (κ2) is 6.23. The van der Waals surface area contributed by atoms with Crippen molar-refractivity contribution in [1.82, 2.24) is 10.3 Å². The molecular formula is C17H22N2O. The van der Waals surface area contributed by atoms with Gasteiger partial charge in [0, 0.05) is 24.2 Å². The minimum Gasteiger partial charge on any atom is -0.489 e. The molecule has 3 rings (SSSR count). The topological polar surface area (TPSA) is 34.1 Å². The number of fused-ring (bicyclic) bond motifs is 1. The zero-order valence-corrected chi connectivity index (χ0v) is 12.0. The van der Waals surface area contributed by atoms with Crippen molar-refractivity contribution in [3.05, 3.63) is 36.5 Å². The van der Waals surface area contributed by atoms with E-state index < -0.39 is 0 Å². The summed E-state index contributed by atoms with van der Waals surface area (Å²) in [5.41, 5.74) is 0.987. The maximum Gasteiger partial charge on any atom is 0.129 e. The fourth-order valence-corrected chi connectivity index (χ4v) is 2.90. The summed E-state index contributed by atoms with van der Waals surface area (Å²) in [4.78, 5) is 4.36. The Labute approximate surface area is 120 Å². The second-order valence-electron chi connectivity index (χ2n) is 5.64. The summed E-state index contributed by atoms with van der Waals surface area (Å²) < 4.78 is 6.08. The summed E-state index contributed by atoms with van der Waals surface area (Å²) in [7, 11) is 0. The van der Waals surface area contributed by atoms with E-state index in [9.17, 15) is 0 Å². The molecule has 1 aromatic carbocycles. The van der Waals surface area contributed by atoms with Crippen LogP contribution in [0, 0.1) is 0 Å². The van der Waals surface area contributed by atoms with Crippen molar-refractivity contribution < 1.29 is 4.74 Å². The predicted octanol–water partition coefficient (Wildman–Crippen LogP) is 3.53. The van der Waals surface area contributed by atoms with Crippen LogP contribution in [0.2, 0.25) is 0 Å². The van der Waals surface area contributed by atoms with E-state index >= 15 is 0 Å². The van der Waals surface area contributed by atoms with E-state index in [1.807, 2.05) is 30.5 Å². The molecule has 0 amide bonds. The highest BCUT2D eigenvalue weighted by Crippen LogP contribution is 2.24. The van der Waals surface area contributed by atoms with E-state index in [1.54, 1.807) is 0 Å². The summed E-state index contributed by atoms with van der Waals surface area (Å²) in [5, 5.41) is 4.69. The summed E-state index contributed by atoms with van der Waals surface area (Å²) in [6.07, 6.45) is 7.33. The molecular weight excluding hydrogens is 248 g/mol. The number of rotatable bonds is 5. The molecule has 1 atom stereocenters. The lowest BCUT2D eigenvalue weighted by Crippen LogP contribution is -2.35. The molecule has 2 aromatic rings. The van der Waals surface area contributed by atoms with Gasteiger partial charge in [-0.05, 0) is 44.0 Å². The molecule has 0 bridgehead atoms. The highest BCUT2D eigenvalue weighted by molar-refractivity contribution is 5.84. The molecule has 1 N–H and O–H groups in total. The maximum absolute atomic E-state index is 6.08. The van der Waals surface area contributed by atoms with Crippen LogP contribution in [-0.2, 0) is 0 Å². The average Bonchev–Trinajstić information content (AvgIpc) is 2.99. The van der Waals surface area contributed by atoms with Gasteiger partial charge in [-0.15, -0.1) is 0 Å². The molecule has 3 nitrogen and oxygen atoms in total. The average molecular weight is 270 g/mol. The van der Waals surface area contributed by atoms with E-state index in [1.165, 1.54) is 25.7 Å². The van der Waals surface area contributed by atoms with Crippen molar-refractivity contribution >= 4 is 10.9 Å². The molecule has 0 saturated heterocycles. The van der Waals surface area contributed by atoms with Crippen LogP contribution in [0.4, 0.5) is 0 Å². The molecule has 20 heavy (non-hydrogen) atoms. The zero-order valence-electron chi connectivity index (χ0n) is 12.0. The molecule has 1 aliphatic rings. The Morgan fingerprint density at radius 1 is 1.25 bits per heavy atom. The van der Waals surface area contributed by atoms with Gasteiger partial charge in [-0.1, -0.05) is 18.9 Å². The molecule has 1 heterocycles. The maximum atomic E-state index is 6.08. The van der Waals surface area contributed by atoms with Crippen LogP contribution in [0.15, 0.2) is 36.5 Å². The molecule has 1 aliphatic carbocycles. The quantitative estimate of drug-likeness (QED) is 0.902. The number of benzene rings is 1. The van der Waals surface area contributed by atoms with Crippen molar-refractivity contribution in [3.8, 4) is 5.75 Å². The minimum absolute atomic E-state index is 0.168. The highest BCUT2D eigenvalue weighted by Gasteiger charge is 2.15. The number of pyridine rings is 1. The van der Waals surface area contributed by atoms with Crippen LogP contribution < -0.4 is 10.1 Å². The van der Waals surface area contributed by atoms with E-state index in [4.69, 9.17) is 4.74 Å². The zero-order chi connectivity index (χ0) is 13.8. The number of nitrogens with zero attached hydrogens (tertiary/aromatic N) is 1. The number of hydrogen-bond acceptors (Lipinski definition) is 3. The van der Waals surface area contributed by atoms with Crippen LogP contribution in [-0.4, -0.2) is 23.7 Å². The normalized spacial score (nSPS) is 17.4. The predicted molar refractivity (Wildman–Crippen MR) is 82.1 cm³/mol. The molecule has 1 aromatic heterocycles. The molecule has 1 fully saturated rings. The van der Waals surface area contributed by atoms with Crippen LogP contribution >= 0.6 is 0 Å². The first-order valence-electron chi connectivity index (χ1n) is 7.57. The Morgan fingerprint density at radius 3 is 2.95 bits per heavy atom. The fraction of sp³-hybridized carbons (Fsp3) is 0.471. The molecule has 0 spiro atoms. The monoisotopic (exact) mass is 270 g/mol. The number of hydrogen-bond donors (Lipinski definition) is 1. The van der Waals surface area contributed by atoms with E-state index in [0.29, 0.717) is 6.04 Å². The van der Waals surface area contributed by atoms with Gasteiger partial charge < -0.3 is 10.1 Å². The van der Waals surface area contributed by atoms with Crippen molar-refractivity contribution in [2.75, 3.05) is 6.54 Å². The smallest absolute Gasteiger partial charge is 0.129 e. The number of ether oxygens (including phenoxy) is 1. The van der Waals surface area contributed by atoms with Gasteiger partial charge in [0.25, 0.3) is 0 Å². The third kappa shape index (κ3) is 3.10. The Morgan fingerprint density at radius 2 is 2.10 bits per heavy atom. The van der Waals surface area contributed by atoms with Crippen LogP contribution in [0.3, 0.4) is 0 Å². The summed E-state index contributed by atoms with van der Waals surface area (Å²) >= 11 is 0. The largest absolute Gasteiger partial charge is 0.489 e. The Kier molecular flexibility index (Phi) is 4.16. The fourth-order valence-electron chi connectivity index (χ4n) is 2.90. The van der Waals surface area contributed by atoms with Gasteiger partial charge in [-0.3, -0.25) is 4.98 Å². The van der Waals surface area contributed by atoms with Crippen LogP contribution in [0.25, 0.3) is 10.9 Å². The van der Waals surface area contributed by atoms with Crippen molar-refractivity contribution in [2.45, 2.75) is 44.8 Å². The standard InChI is InChI=1S/C17H22N2O/c1-13(12-19-14-6-2-3-7-14)20-17-10-4-9-16-15(17)8-5-11-18-16/h4-5,8-11,13-14,19H,2-3,6-7,12H2,1H3. The second-order valence-corrected chi connectivity index (χ2v) is 5.64. The van der Waals surface area contributed by atoms with E-state index in [2.05, 4.69) is 23.3 Å². The van der Waals surface area contributed by atoms with Gasteiger partial charge in [-0.25, -0.2) is 0 Å². The van der Waals surface area contributed by atoms with Crippen LogP contribution in [0.1, 0.15) is 32.6 Å². The lowest BCUT2D eigenvalue weighted by Gasteiger charge is -2.19. The Hall–Kier alpha value is -1.61. The number of nitrogens with one attached hydrogen (secondary N) is 1. The SMILES string of the molecule is CC(CNC1CCCC1)Oc1cccc2ncccc12. The Balaban J connectivity index is 1.63. The Bertz CT molecular complexity index is 558. The van der Waals surface area contributed by atoms with Gasteiger partial charge in [0.1, 0.15) is 11.9 Å². The molecule has 1 saturated carbocycles. The van der Waals surface area contributed by atoms with Crippen molar-refractivity contribution in [2.24, 2.45) is 0 Å². The molecule has 1 unspecified atom stereocenters. The number of aromatic nitrogens is 1. The van der Waals surface area contributed by atoms with E-state index in [-0.39, 0.29) is 6.10 Å². The minimum atomic E-state index is 0.168. The summed E-state index contributed by atoms with van der Waals surface area (Å²) in [6, 6.07) is 10.8. The van der Waals surface area contributed by atoms with Crippen molar-refractivity contribution in [1.29, 1.82) is 0 Å². The van der Waals surface area contributed by atoms with Gasteiger partial charge in [0.15, 0.2) is 0 Å². The molecule has 106 valence electrons. The molecule has 0 aliphatic heterocycles.